The molecule has 0 aliphatic heterocycles. The highest BCUT2D eigenvalue weighted by atomic mass is 16.5. The molecule has 5 nitrogen and oxygen atoms in total. The quantitative estimate of drug-likeness (QED) is 0.360. The van der Waals surface area contributed by atoms with Gasteiger partial charge >= 0.3 is 5.97 Å². The number of carbonyl (C=O) groups is 2. The molecule has 1 aromatic carbocycles. The molecule has 0 N–H and O–H groups in total. The van der Waals surface area contributed by atoms with E-state index in [0.29, 0.717) is 16.9 Å². The normalized spacial score (nSPS) is 11.0. The molecule has 0 fully saturated rings. The number of carbonyl (C=O) groups excluding carboxylic acids is 2. The Bertz CT molecular complexity index is 624. The van der Waals surface area contributed by atoms with Crippen molar-refractivity contribution in [3.8, 4) is 11.8 Å². The van der Waals surface area contributed by atoms with E-state index in [9.17, 15) is 9.59 Å². The number of hydrogen-bond acceptors (Lipinski definition) is 5. The Morgan fingerprint density at radius 2 is 2.00 bits per heavy atom. The summed E-state index contributed by atoms with van der Waals surface area (Å²) in [7, 11) is 1.45. The van der Waals surface area contributed by atoms with E-state index < -0.39 is 11.8 Å². The van der Waals surface area contributed by atoms with Crippen LogP contribution in [0, 0.1) is 11.3 Å². The van der Waals surface area contributed by atoms with Crippen LogP contribution in [0.4, 0.5) is 0 Å². The first-order valence-corrected chi connectivity index (χ1v) is 6.40. The van der Waals surface area contributed by atoms with Gasteiger partial charge in [0.2, 0.25) is 0 Å². The second-order valence-electron chi connectivity index (χ2n) is 4.64. The molecule has 0 aliphatic carbocycles. The third kappa shape index (κ3) is 4.46. The highest BCUT2D eigenvalue weighted by molar-refractivity contribution is 6.20. The Balaban J connectivity index is 3.26. The van der Waals surface area contributed by atoms with Gasteiger partial charge in [-0.1, -0.05) is 0 Å². The number of methoxy groups -OCH3 is 1. The molecule has 0 amide bonds. The van der Waals surface area contributed by atoms with Gasteiger partial charge < -0.3 is 9.47 Å². The average Bonchev–Trinajstić information content (AvgIpc) is 2.43. The Morgan fingerprint density at radius 3 is 2.48 bits per heavy atom. The largest absolute Gasteiger partial charge is 0.496 e. The van der Waals surface area contributed by atoms with Crippen molar-refractivity contribution in [3.05, 3.63) is 34.9 Å². The number of nitrogens with zero attached hydrogens (tertiary/aromatic N) is 1. The highest BCUT2D eigenvalue weighted by Gasteiger charge is 2.18. The van der Waals surface area contributed by atoms with Crippen LogP contribution in [0.25, 0.3) is 6.08 Å². The zero-order valence-electron chi connectivity index (χ0n) is 12.5. The molecule has 110 valence electrons. The number of rotatable bonds is 5. The van der Waals surface area contributed by atoms with Crippen LogP contribution >= 0.6 is 0 Å². The zero-order chi connectivity index (χ0) is 16.0. The summed E-state index contributed by atoms with van der Waals surface area (Å²) in [6.45, 7) is 4.71. The van der Waals surface area contributed by atoms with E-state index in [1.165, 1.54) is 26.2 Å². The molecule has 0 heterocycles. The van der Waals surface area contributed by atoms with E-state index in [1.54, 1.807) is 26.0 Å². The van der Waals surface area contributed by atoms with E-state index in [4.69, 9.17) is 14.7 Å². The van der Waals surface area contributed by atoms with Crippen LogP contribution < -0.4 is 4.74 Å². The maximum Gasteiger partial charge on any atom is 0.342 e. The Morgan fingerprint density at radius 1 is 1.33 bits per heavy atom. The standard InChI is InChI=1S/C16H17NO4/c1-10(2)21-16(19)14(11(3)18)8-13-6-5-12(9-17)7-15(13)20-4/h5-8,10H,1-4H3/b14-8-. The van der Waals surface area contributed by atoms with E-state index in [2.05, 4.69) is 0 Å². The molecule has 0 radical (unpaired) electrons. The summed E-state index contributed by atoms with van der Waals surface area (Å²) < 4.78 is 10.2. The van der Waals surface area contributed by atoms with Crippen LogP contribution in [-0.4, -0.2) is 25.0 Å². The summed E-state index contributed by atoms with van der Waals surface area (Å²) >= 11 is 0. The van der Waals surface area contributed by atoms with Crippen molar-refractivity contribution in [2.45, 2.75) is 26.9 Å². The SMILES string of the molecule is COc1cc(C#N)ccc1/C=C(/C(C)=O)C(=O)OC(C)C. The molecule has 1 rings (SSSR count). The van der Waals surface area contributed by atoms with Crippen molar-refractivity contribution in [2.75, 3.05) is 7.11 Å². The molecular weight excluding hydrogens is 270 g/mol. The van der Waals surface area contributed by atoms with Gasteiger partial charge in [-0.05, 0) is 45.0 Å². The summed E-state index contributed by atoms with van der Waals surface area (Å²) in [4.78, 5) is 23.5. The van der Waals surface area contributed by atoms with E-state index in [-0.39, 0.29) is 11.7 Å². The van der Waals surface area contributed by atoms with E-state index in [1.807, 2.05) is 6.07 Å². The van der Waals surface area contributed by atoms with Crippen LogP contribution in [0.15, 0.2) is 23.8 Å². The minimum Gasteiger partial charge on any atom is -0.496 e. The zero-order valence-corrected chi connectivity index (χ0v) is 12.5. The summed E-state index contributed by atoms with van der Waals surface area (Å²) in [5, 5.41) is 8.86. The first kappa shape index (κ1) is 16.4. The smallest absolute Gasteiger partial charge is 0.342 e. The van der Waals surface area contributed by atoms with Gasteiger partial charge in [0, 0.05) is 5.56 Å². The molecule has 0 bridgehead atoms. The second kappa shape index (κ2) is 7.25. The predicted molar refractivity (Wildman–Crippen MR) is 77.6 cm³/mol. The van der Waals surface area contributed by atoms with Crippen LogP contribution in [0.5, 0.6) is 5.75 Å². The average molecular weight is 287 g/mol. The van der Waals surface area contributed by atoms with Crippen molar-refractivity contribution in [2.24, 2.45) is 0 Å². The van der Waals surface area contributed by atoms with E-state index >= 15 is 0 Å². The van der Waals surface area contributed by atoms with Crippen LogP contribution in [-0.2, 0) is 14.3 Å². The number of Topliss-reactive ketones (excluding diaryl/α,β-unsaturated/α-hetero) is 1. The molecule has 0 atom stereocenters. The van der Waals surface area contributed by atoms with Crippen LogP contribution in [0.1, 0.15) is 31.9 Å². The molecular formula is C16H17NO4. The predicted octanol–water partition coefficient (Wildman–Crippen LogP) is 2.49. The topological polar surface area (TPSA) is 76.4 Å². The molecule has 1 aromatic rings. The maximum atomic E-state index is 11.9. The van der Waals surface area contributed by atoms with Gasteiger partial charge in [0.15, 0.2) is 5.78 Å². The van der Waals surface area contributed by atoms with Crippen molar-refractivity contribution in [1.82, 2.24) is 0 Å². The summed E-state index contributed by atoms with van der Waals surface area (Å²) in [6, 6.07) is 6.73. The third-order valence-electron chi connectivity index (χ3n) is 2.60. The van der Waals surface area contributed by atoms with Crippen LogP contribution in [0.3, 0.4) is 0 Å². The van der Waals surface area contributed by atoms with Crippen LogP contribution in [0.2, 0.25) is 0 Å². The van der Waals surface area contributed by atoms with E-state index in [0.717, 1.165) is 0 Å². The Hall–Kier alpha value is -2.61. The Kier molecular flexibility index (Phi) is 5.67. The lowest BCUT2D eigenvalue weighted by Crippen LogP contribution is -2.17. The fraction of sp³-hybridized carbons (Fsp3) is 0.312. The van der Waals surface area contributed by atoms with Crippen molar-refractivity contribution in [1.29, 1.82) is 5.26 Å². The van der Waals surface area contributed by atoms with Crippen molar-refractivity contribution < 1.29 is 19.1 Å². The van der Waals surface area contributed by atoms with Crippen molar-refractivity contribution >= 4 is 17.8 Å². The summed E-state index contributed by atoms with van der Waals surface area (Å²) in [5.74, 6) is -0.666. The number of ketones is 1. The maximum absolute atomic E-state index is 11.9. The summed E-state index contributed by atoms with van der Waals surface area (Å²) in [5.41, 5.74) is 0.896. The Labute approximate surface area is 123 Å². The van der Waals surface area contributed by atoms with Gasteiger partial charge in [-0.3, -0.25) is 4.79 Å². The first-order valence-electron chi connectivity index (χ1n) is 6.40. The molecule has 0 saturated heterocycles. The molecule has 0 spiro atoms. The molecule has 0 aromatic heterocycles. The minimum atomic E-state index is -0.677. The second-order valence-corrected chi connectivity index (χ2v) is 4.64. The molecule has 0 aliphatic rings. The first-order chi connectivity index (χ1) is 9.88. The van der Waals surface area contributed by atoms with Gasteiger partial charge in [-0.25, -0.2) is 4.79 Å². The number of nitriles is 1. The minimum absolute atomic E-state index is 0.0632. The highest BCUT2D eigenvalue weighted by Crippen LogP contribution is 2.23. The fourth-order valence-electron chi connectivity index (χ4n) is 1.64. The van der Waals surface area contributed by atoms with Gasteiger partial charge in [0.25, 0.3) is 0 Å². The lowest BCUT2D eigenvalue weighted by atomic mass is 10.1. The lowest BCUT2D eigenvalue weighted by molar-refractivity contribution is -0.143. The fourth-order valence-corrected chi connectivity index (χ4v) is 1.64. The number of benzene rings is 1. The molecule has 0 saturated carbocycles. The van der Waals surface area contributed by atoms with Gasteiger partial charge in [0.1, 0.15) is 11.3 Å². The monoisotopic (exact) mass is 287 g/mol. The third-order valence-corrected chi connectivity index (χ3v) is 2.60. The lowest BCUT2D eigenvalue weighted by Gasteiger charge is -2.10. The summed E-state index contributed by atoms with van der Waals surface area (Å²) in [6.07, 6.45) is 1.09. The number of esters is 1. The molecule has 5 heteroatoms. The molecule has 21 heavy (non-hydrogen) atoms. The molecule has 0 unspecified atom stereocenters. The van der Waals surface area contributed by atoms with Gasteiger partial charge in [-0.15, -0.1) is 0 Å². The van der Waals surface area contributed by atoms with Gasteiger partial charge in [-0.2, -0.15) is 5.26 Å². The van der Waals surface area contributed by atoms with Gasteiger partial charge in [0.05, 0.1) is 24.8 Å². The van der Waals surface area contributed by atoms with Crippen molar-refractivity contribution in [3.63, 3.8) is 0 Å². The number of hydrogen-bond donors (Lipinski definition) is 0. The number of ether oxygens (including phenoxy) is 2.